The van der Waals surface area contributed by atoms with Gasteiger partial charge in [0.05, 0.1) is 17.0 Å². The molecule has 0 bridgehead atoms. The number of nitriles is 1. The maximum atomic E-state index is 9.15. The fourth-order valence-electron chi connectivity index (χ4n) is 2.21. The quantitative estimate of drug-likeness (QED) is 0.926. The molecule has 2 aromatic rings. The van der Waals surface area contributed by atoms with E-state index < -0.39 is 0 Å². The number of aromatic nitrogens is 3. The van der Waals surface area contributed by atoms with E-state index in [4.69, 9.17) is 5.26 Å². The third kappa shape index (κ3) is 2.50. The van der Waals surface area contributed by atoms with E-state index in [2.05, 4.69) is 28.4 Å². The molecule has 1 N–H and O–H groups in total. The van der Waals surface area contributed by atoms with Crippen molar-refractivity contribution in [3.05, 3.63) is 29.1 Å². The van der Waals surface area contributed by atoms with Crippen LogP contribution in [0, 0.1) is 25.2 Å². The van der Waals surface area contributed by atoms with Gasteiger partial charge in [0.1, 0.15) is 11.9 Å². The molecule has 0 saturated heterocycles. The Balaban J connectivity index is 2.50. The van der Waals surface area contributed by atoms with E-state index in [1.165, 1.54) is 0 Å². The van der Waals surface area contributed by atoms with Crippen LogP contribution in [-0.4, -0.2) is 21.3 Å². The maximum absolute atomic E-state index is 9.15. The van der Waals surface area contributed by atoms with Crippen molar-refractivity contribution in [2.75, 3.05) is 11.9 Å². The fourth-order valence-corrected chi connectivity index (χ4v) is 2.21. The van der Waals surface area contributed by atoms with Gasteiger partial charge in [-0.25, -0.2) is 4.98 Å². The topological polar surface area (TPSA) is 66.5 Å². The second-order valence-electron chi connectivity index (χ2n) is 4.80. The number of pyridine rings is 1. The van der Waals surface area contributed by atoms with E-state index in [0.717, 1.165) is 35.6 Å². The molecule has 20 heavy (non-hydrogen) atoms. The number of anilines is 1. The number of aryl methyl sites for hydroxylation is 2. The number of rotatable bonds is 4. The van der Waals surface area contributed by atoms with E-state index in [0.29, 0.717) is 11.4 Å². The number of nitrogens with zero attached hydrogens (tertiary/aromatic N) is 4. The van der Waals surface area contributed by atoms with E-state index >= 15 is 0 Å². The molecule has 5 nitrogen and oxygen atoms in total. The Morgan fingerprint density at radius 1 is 1.35 bits per heavy atom. The van der Waals surface area contributed by atoms with Crippen LogP contribution in [0.1, 0.15) is 30.3 Å². The highest BCUT2D eigenvalue weighted by molar-refractivity contribution is 5.68. The molecule has 2 heterocycles. The Hall–Kier alpha value is -2.35. The highest BCUT2D eigenvalue weighted by atomic mass is 15.3. The van der Waals surface area contributed by atoms with Gasteiger partial charge < -0.3 is 5.32 Å². The molecule has 0 atom stereocenters. The first-order valence-electron chi connectivity index (χ1n) is 6.74. The molecule has 0 amide bonds. The van der Waals surface area contributed by atoms with Crippen LogP contribution in [0.2, 0.25) is 0 Å². The van der Waals surface area contributed by atoms with Gasteiger partial charge in [-0.2, -0.15) is 10.4 Å². The zero-order chi connectivity index (χ0) is 14.7. The summed E-state index contributed by atoms with van der Waals surface area (Å²) in [5.74, 6) is 0.648. The SMILES string of the molecule is CCCNc1nc(-c2c(C)nn(C)c2C)ccc1C#N. The van der Waals surface area contributed by atoms with Gasteiger partial charge in [-0.05, 0) is 32.4 Å². The largest absolute Gasteiger partial charge is 0.369 e. The van der Waals surface area contributed by atoms with Crippen LogP contribution in [0.15, 0.2) is 12.1 Å². The van der Waals surface area contributed by atoms with Gasteiger partial charge in [0.2, 0.25) is 0 Å². The summed E-state index contributed by atoms with van der Waals surface area (Å²) in [4.78, 5) is 4.60. The van der Waals surface area contributed by atoms with Crippen LogP contribution in [0.4, 0.5) is 5.82 Å². The smallest absolute Gasteiger partial charge is 0.144 e. The second-order valence-corrected chi connectivity index (χ2v) is 4.80. The van der Waals surface area contributed by atoms with E-state index in [1.807, 2.05) is 37.7 Å². The van der Waals surface area contributed by atoms with Gasteiger partial charge in [-0.3, -0.25) is 4.68 Å². The van der Waals surface area contributed by atoms with E-state index in [-0.39, 0.29) is 0 Å². The van der Waals surface area contributed by atoms with Crippen molar-refractivity contribution in [3.63, 3.8) is 0 Å². The molecular weight excluding hydrogens is 250 g/mol. The van der Waals surface area contributed by atoms with Crippen molar-refractivity contribution < 1.29 is 0 Å². The molecule has 2 aromatic heterocycles. The van der Waals surface area contributed by atoms with Gasteiger partial charge in [0, 0.05) is 24.8 Å². The first-order chi connectivity index (χ1) is 9.58. The van der Waals surface area contributed by atoms with Gasteiger partial charge >= 0.3 is 0 Å². The van der Waals surface area contributed by atoms with Crippen LogP contribution < -0.4 is 5.32 Å². The lowest BCUT2D eigenvalue weighted by atomic mass is 10.1. The Morgan fingerprint density at radius 3 is 2.65 bits per heavy atom. The Bertz CT molecular complexity index is 664. The van der Waals surface area contributed by atoms with Crippen LogP contribution in [-0.2, 0) is 7.05 Å². The summed E-state index contributed by atoms with van der Waals surface area (Å²) in [6.07, 6.45) is 0.988. The lowest BCUT2D eigenvalue weighted by Crippen LogP contribution is -2.05. The molecule has 0 spiro atoms. The third-order valence-electron chi connectivity index (χ3n) is 3.32. The van der Waals surface area contributed by atoms with Crippen LogP contribution in [0.3, 0.4) is 0 Å². The zero-order valence-corrected chi connectivity index (χ0v) is 12.4. The summed E-state index contributed by atoms with van der Waals surface area (Å²) in [7, 11) is 1.92. The molecule has 5 heteroatoms. The number of hydrogen-bond donors (Lipinski definition) is 1. The van der Waals surface area contributed by atoms with Crippen LogP contribution in [0.5, 0.6) is 0 Å². The van der Waals surface area contributed by atoms with Crippen molar-refractivity contribution >= 4 is 5.82 Å². The summed E-state index contributed by atoms with van der Waals surface area (Å²) in [5.41, 5.74) is 4.48. The molecule has 0 aromatic carbocycles. The molecule has 0 aliphatic carbocycles. The monoisotopic (exact) mass is 269 g/mol. The summed E-state index contributed by atoms with van der Waals surface area (Å²) in [5, 5.41) is 16.8. The van der Waals surface area contributed by atoms with E-state index in [9.17, 15) is 0 Å². The first-order valence-corrected chi connectivity index (χ1v) is 6.74. The van der Waals surface area contributed by atoms with E-state index in [1.54, 1.807) is 0 Å². The summed E-state index contributed by atoms with van der Waals surface area (Å²) in [6.45, 7) is 6.88. The first kappa shape index (κ1) is 14.1. The molecule has 104 valence electrons. The third-order valence-corrected chi connectivity index (χ3v) is 3.32. The summed E-state index contributed by atoms with van der Waals surface area (Å²) >= 11 is 0. The molecular formula is C15H19N5. The second kappa shape index (κ2) is 5.74. The highest BCUT2D eigenvalue weighted by Crippen LogP contribution is 2.27. The Morgan fingerprint density at radius 2 is 2.10 bits per heavy atom. The highest BCUT2D eigenvalue weighted by Gasteiger charge is 2.14. The zero-order valence-electron chi connectivity index (χ0n) is 12.4. The molecule has 0 radical (unpaired) electrons. The van der Waals surface area contributed by atoms with Crippen LogP contribution in [0.25, 0.3) is 11.3 Å². The Labute approximate surface area is 119 Å². The Kier molecular flexibility index (Phi) is 4.04. The minimum atomic E-state index is 0.571. The lowest BCUT2D eigenvalue weighted by Gasteiger charge is -2.09. The average molecular weight is 269 g/mol. The molecule has 0 aliphatic rings. The fraction of sp³-hybridized carbons (Fsp3) is 0.400. The normalized spacial score (nSPS) is 10.3. The minimum Gasteiger partial charge on any atom is -0.369 e. The van der Waals surface area contributed by atoms with Gasteiger partial charge in [0.25, 0.3) is 0 Å². The maximum Gasteiger partial charge on any atom is 0.144 e. The standard InChI is InChI=1S/C15H19N5/c1-5-8-17-15-12(9-16)6-7-13(18-15)14-10(2)19-20(4)11(14)3/h6-7H,5,8H2,1-4H3,(H,17,18). The molecule has 0 aliphatic heterocycles. The average Bonchev–Trinajstić information content (AvgIpc) is 2.69. The van der Waals surface area contributed by atoms with Crippen molar-refractivity contribution in [1.82, 2.24) is 14.8 Å². The summed E-state index contributed by atoms with van der Waals surface area (Å²) in [6, 6.07) is 5.87. The van der Waals surface area contributed by atoms with Gasteiger partial charge in [-0.1, -0.05) is 6.92 Å². The van der Waals surface area contributed by atoms with Gasteiger partial charge in [0.15, 0.2) is 0 Å². The molecule has 0 unspecified atom stereocenters. The van der Waals surface area contributed by atoms with Crippen molar-refractivity contribution in [3.8, 4) is 17.3 Å². The molecule has 0 saturated carbocycles. The summed E-state index contributed by atoms with van der Waals surface area (Å²) < 4.78 is 1.85. The van der Waals surface area contributed by atoms with Crippen molar-refractivity contribution in [1.29, 1.82) is 5.26 Å². The lowest BCUT2D eigenvalue weighted by molar-refractivity contribution is 0.731. The van der Waals surface area contributed by atoms with Gasteiger partial charge in [-0.15, -0.1) is 0 Å². The van der Waals surface area contributed by atoms with Crippen molar-refractivity contribution in [2.24, 2.45) is 7.05 Å². The predicted octanol–water partition coefficient (Wildman–Crippen LogP) is 2.79. The number of hydrogen-bond acceptors (Lipinski definition) is 4. The van der Waals surface area contributed by atoms with Crippen LogP contribution >= 0.6 is 0 Å². The molecule has 0 fully saturated rings. The van der Waals surface area contributed by atoms with Crippen molar-refractivity contribution in [2.45, 2.75) is 27.2 Å². The minimum absolute atomic E-state index is 0.571. The number of nitrogens with one attached hydrogen (secondary N) is 1. The predicted molar refractivity (Wildman–Crippen MR) is 79.4 cm³/mol. The molecule has 2 rings (SSSR count).